The standard InChI is InChI=1S/C25H40O4/c1-3-5-6-11-18-25(29,4-2)19-12-13-21-16-17-24(28)23(21)15-10-8-7-9-14-22(27)20-26/h2,12-13,21,23,26,29H,3,5-11,14-20H2,1H3/b13-12+/t21-,23+,25?/m0/s1. The Kier molecular flexibility index (Phi) is 12.8. The van der Waals surface area contributed by atoms with Crippen LogP contribution in [0.4, 0.5) is 0 Å². The smallest absolute Gasteiger partial charge is 0.158 e. The summed E-state index contributed by atoms with van der Waals surface area (Å²) in [4.78, 5) is 23.4. The predicted octanol–water partition coefficient (Wildman–Crippen LogP) is 4.76. The predicted molar refractivity (Wildman–Crippen MR) is 117 cm³/mol. The Balaban J connectivity index is 2.38. The van der Waals surface area contributed by atoms with Gasteiger partial charge in [-0.15, -0.1) is 6.42 Å². The van der Waals surface area contributed by atoms with Gasteiger partial charge >= 0.3 is 0 Å². The molecule has 0 aromatic rings. The third-order valence-corrected chi connectivity index (χ3v) is 6.10. The summed E-state index contributed by atoms with van der Waals surface area (Å²) in [6, 6.07) is 0. The summed E-state index contributed by atoms with van der Waals surface area (Å²) in [5.74, 6) is 3.14. The third kappa shape index (κ3) is 10.2. The van der Waals surface area contributed by atoms with Crippen LogP contribution >= 0.6 is 0 Å². The van der Waals surface area contributed by atoms with Gasteiger partial charge in [-0.1, -0.05) is 63.5 Å². The van der Waals surface area contributed by atoms with Crippen LogP contribution in [0.2, 0.25) is 0 Å². The first-order chi connectivity index (χ1) is 14.0. The number of carbonyl (C=O) groups is 2. The van der Waals surface area contributed by atoms with Gasteiger partial charge in [-0.25, -0.2) is 0 Å². The van der Waals surface area contributed by atoms with E-state index in [1.165, 1.54) is 6.42 Å². The van der Waals surface area contributed by atoms with E-state index in [1.54, 1.807) is 0 Å². The third-order valence-electron chi connectivity index (χ3n) is 6.10. The molecule has 0 heterocycles. The highest BCUT2D eigenvalue weighted by atomic mass is 16.3. The van der Waals surface area contributed by atoms with Crippen molar-refractivity contribution in [1.29, 1.82) is 0 Å². The monoisotopic (exact) mass is 404 g/mol. The maximum absolute atomic E-state index is 12.3. The first kappa shape index (κ1) is 25.6. The van der Waals surface area contributed by atoms with E-state index in [1.807, 2.05) is 6.08 Å². The topological polar surface area (TPSA) is 74.6 Å². The van der Waals surface area contributed by atoms with Gasteiger partial charge in [0.2, 0.25) is 0 Å². The lowest BCUT2D eigenvalue weighted by Crippen LogP contribution is -2.25. The highest BCUT2D eigenvalue weighted by molar-refractivity contribution is 5.83. The van der Waals surface area contributed by atoms with Crippen molar-refractivity contribution in [2.75, 3.05) is 6.61 Å². The average Bonchev–Trinajstić information content (AvgIpc) is 3.07. The zero-order chi connectivity index (χ0) is 21.5. The number of aliphatic hydroxyl groups is 2. The molecule has 4 heteroatoms. The van der Waals surface area contributed by atoms with E-state index < -0.39 is 5.60 Å². The van der Waals surface area contributed by atoms with Crippen LogP contribution in [0.5, 0.6) is 0 Å². The van der Waals surface area contributed by atoms with Crippen LogP contribution in [0.25, 0.3) is 0 Å². The molecule has 3 atom stereocenters. The van der Waals surface area contributed by atoms with Gasteiger partial charge in [0, 0.05) is 25.2 Å². The average molecular weight is 405 g/mol. The van der Waals surface area contributed by atoms with Crippen molar-refractivity contribution >= 4 is 11.6 Å². The summed E-state index contributed by atoms with van der Waals surface area (Å²) in [5.41, 5.74) is -1.08. The largest absolute Gasteiger partial charge is 0.389 e. The highest BCUT2D eigenvalue weighted by Crippen LogP contribution is 2.34. The van der Waals surface area contributed by atoms with Crippen molar-refractivity contribution < 1.29 is 19.8 Å². The molecule has 2 N–H and O–H groups in total. The van der Waals surface area contributed by atoms with Crippen LogP contribution in [0.1, 0.15) is 96.8 Å². The molecule has 0 aromatic heterocycles. The SMILES string of the molecule is C#CC(O)(C/C=C/[C@H]1CCC(=O)[C@@H]1CCCCCCC(=O)CO)CCCCCC. The molecule has 0 aliphatic heterocycles. The Hall–Kier alpha value is -1.44. The second-order valence-electron chi connectivity index (χ2n) is 8.54. The fourth-order valence-corrected chi connectivity index (χ4v) is 4.17. The van der Waals surface area contributed by atoms with Crippen molar-refractivity contribution in [2.45, 2.75) is 102 Å². The van der Waals surface area contributed by atoms with Gasteiger partial charge in [0.1, 0.15) is 18.0 Å². The van der Waals surface area contributed by atoms with Crippen LogP contribution in [0.15, 0.2) is 12.2 Å². The quantitative estimate of drug-likeness (QED) is 0.221. The fourth-order valence-electron chi connectivity index (χ4n) is 4.17. The van der Waals surface area contributed by atoms with Crippen molar-refractivity contribution in [3.05, 3.63) is 12.2 Å². The Morgan fingerprint density at radius 1 is 1.21 bits per heavy atom. The van der Waals surface area contributed by atoms with Gasteiger partial charge in [-0.2, -0.15) is 0 Å². The van der Waals surface area contributed by atoms with Crippen LogP contribution < -0.4 is 0 Å². The molecule has 1 fully saturated rings. The van der Waals surface area contributed by atoms with Gasteiger partial charge in [-0.05, 0) is 38.0 Å². The molecule has 1 aliphatic rings. The normalized spacial score (nSPS) is 21.4. The van der Waals surface area contributed by atoms with Crippen molar-refractivity contribution in [2.24, 2.45) is 11.8 Å². The van der Waals surface area contributed by atoms with Gasteiger partial charge in [-0.3, -0.25) is 9.59 Å². The van der Waals surface area contributed by atoms with Crippen LogP contribution in [0, 0.1) is 24.2 Å². The van der Waals surface area contributed by atoms with E-state index in [0.29, 0.717) is 31.5 Å². The summed E-state index contributed by atoms with van der Waals surface area (Å²) in [6.07, 6.45) is 21.7. The Labute approximate surface area is 177 Å². The summed E-state index contributed by atoms with van der Waals surface area (Å²) in [7, 11) is 0. The van der Waals surface area contributed by atoms with Gasteiger partial charge in [0.25, 0.3) is 0 Å². The summed E-state index contributed by atoms with van der Waals surface area (Å²) >= 11 is 0. The molecule has 1 rings (SSSR count). The van der Waals surface area contributed by atoms with Gasteiger partial charge in [0.05, 0.1) is 0 Å². The van der Waals surface area contributed by atoms with E-state index in [9.17, 15) is 14.7 Å². The maximum atomic E-state index is 12.3. The van der Waals surface area contributed by atoms with Crippen molar-refractivity contribution in [3.63, 3.8) is 0 Å². The Morgan fingerprint density at radius 2 is 1.93 bits per heavy atom. The number of allylic oxidation sites excluding steroid dienone is 1. The summed E-state index contributed by atoms with van der Waals surface area (Å²) in [5, 5.41) is 19.3. The minimum absolute atomic E-state index is 0.0776. The number of ketones is 2. The second kappa shape index (κ2) is 14.5. The lowest BCUT2D eigenvalue weighted by molar-refractivity contribution is -0.122. The van der Waals surface area contributed by atoms with Crippen LogP contribution in [0.3, 0.4) is 0 Å². The Morgan fingerprint density at radius 3 is 2.62 bits per heavy atom. The number of carbonyl (C=O) groups excluding carboxylic acids is 2. The molecule has 0 saturated heterocycles. The van der Waals surface area contributed by atoms with Gasteiger partial charge < -0.3 is 10.2 Å². The highest BCUT2D eigenvalue weighted by Gasteiger charge is 2.32. The van der Waals surface area contributed by atoms with Crippen molar-refractivity contribution in [3.8, 4) is 12.3 Å². The lowest BCUT2D eigenvalue weighted by atomic mass is 9.88. The molecule has 0 radical (unpaired) electrons. The molecule has 29 heavy (non-hydrogen) atoms. The van der Waals surface area contributed by atoms with E-state index in [-0.39, 0.29) is 24.2 Å². The molecule has 0 amide bonds. The molecule has 164 valence electrons. The van der Waals surface area contributed by atoms with Gasteiger partial charge in [0.15, 0.2) is 5.78 Å². The minimum Gasteiger partial charge on any atom is -0.389 e. The number of hydrogen-bond acceptors (Lipinski definition) is 4. The number of terminal acetylenes is 1. The minimum atomic E-state index is -1.08. The van der Waals surface area contributed by atoms with E-state index in [4.69, 9.17) is 11.5 Å². The molecular weight excluding hydrogens is 364 g/mol. The molecule has 0 spiro atoms. The molecule has 4 nitrogen and oxygen atoms in total. The van der Waals surface area contributed by atoms with E-state index >= 15 is 0 Å². The van der Waals surface area contributed by atoms with E-state index in [2.05, 4.69) is 18.9 Å². The molecule has 1 saturated carbocycles. The fraction of sp³-hybridized carbons (Fsp3) is 0.760. The first-order valence-electron chi connectivity index (χ1n) is 11.5. The van der Waals surface area contributed by atoms with E-state index in [0.717, 1.165) is 57.8 Å². The molecule has 0 bridgehead atoms. The second-order valence-corrected chi connectivity index (χ2v) is 8.54. The Bertz CT molecular complexity index is 560. The first-order valence-corrected chi connectivity index (χ1v) is 11.5. The van der Waals surface area contributed by atoms with Crippen molar-refractivity contribution in [1.82, 2.24) is 0 Å². The number of unbranched alkanes of at least 4 members (excludes halogenated alkanes) is 6. The number of rotatable bonds is 16. The van der Waals surface area contributed by atoms with Crippen LogP contribution in [-0.4, -0.2) is 34.0 Å². The zero-order valence-corrected chi connectivity index (χ0v) is 18.2. The molecule has 0 aromatic carbocycles. The van der Waals surface area contributed by atoms with Crippen LogP contribution in [-0.2, 0) is 9.59 Å². The zero-order valence-electron chi connectivity index (χ0n) is 18.2. The number of aliphatic hydroxyl groups excluding tert-OH is 1. The molecule has 1 unspecified atom stereocenters. The summed E-state index contributed by atoms with van der Waals surface area (Å²) in [6.45, 7) is 1.80. The number of Topliss-reactive ketones (excluding diaryl/α,β-unsaturated/α-hetero) is 2. The maximum Gasteiger partial charge on any atom is 0.158 e. The lowest BCUT2D eigenvalue weighted by Gasteiger charge is -2.21. The molecule has 1 aliphatic carbocycles. The number of hydrogen-bond donors (Lipinski definition) is 2. The summed E-state index contributed by atoms with van der Waals surface area (Å²) < 4.78 is 0. The molecular formula is C25H40O4.